The lowest BCUT2D eigenvalue weighted by atomic mass is 9.97. The van der Waals surface area contributed by atoms with Crippen molar-refractivity contribution in [3.63, 3.8) is 0 Å². The molecule has 0 N–H and O–H groups in total. The first-order chi connectivity index (χ1) is 14.0. The number of aryl methyl sites for hydroxylation is 1. The van der Waals surface area contributed by atoms with E-state index in [1.54, 1.807) is 18.2 Å². The summed E-state index contributed by atoms with van der Waals surface area (Å²) in [4.78, 5) is 12.7. The molecule has 0 aliphatic carbocycles. The maximum absolute atomic E-state index is 14.3. The zero-order chi connectivity index (χ0) is 20.8. The third kappa shape index (κ3) is 5.25. The van der Waals surface area contributed by atoms with Crippen molar-refractivity contribution >= 4 is 11.5 Å². The van der Waals surface area contributed by atoms with Crippen molar-refractivity contribution in [3.05, 3.63) is 71.0 Å². The van der Waals surface area contributed by atoms with E-state index in [1.165, 1.54) is 12.1 Å². The van der Waals surface area contributed by atoms with Gasteiger partial charge in [0.05, 0.1) is 6.04 Å². The Kier molecular flexibility index (Phi) is 7.07. The quantitative estimate of drug-likeness (QED) is 0.512. The Balaban J connectivity index is 1.70. The highest BCUT2D eigenvalue weighted by atomic mass is 19.2. The maximum Gasteiger partial charge on any atom is 0.179 e. The van der Waals surface area contributed by atoms with Crippen LogP contribution in [0.25, 0.3) is 0 Å². The Bertz CT molecular complexity index is 897. The number of hydrogen-bond acceptors (Lipinski definition) is 3. The molecule has 3 nitrogen and oxygen atoms in total. The largest absolute Gasteiger partial charge is 0.293 e. The van der Waals surface area contributed by atoms with Crippen molar-refractivity contribution in [2.24, 2.45) is 5.10 Å². The maximum atomic E-state index is 14.3. The van der Waals surface area contributed by atoms with E-state index in [2.05, 4.69) is 12.0 Å². The number of rotatable bonds is 9. The van der Waals surface area contributed by atoms with Crippen LogP contribution >= 0.6 is 0 Å². The van der Waals surface area contributed by atoms with Gasteiger partial charge in [0.25, 0.3) is 0 Å². The van der Waals surface area contributed by atoms with Crippen molar-refractivity contribution in [3.8, 4) is 0 Å². The average molecular weight is 402 g/mol. The molecule has 0 fully saturated rings. The number of halogens is 3. The summed E-state index contributed by atoms with van der Waals surface area (Å²) in [6, 6.07) is 9.93. The summed E-state index contributed by atoms with van der Waals surface area (Å²) >= 11 is 0. The third-order valence-corrected chi connectivity index (χ3v) is 5.20. The van der Waals surface area contributed by atoms with Crippen LogP contribution in [0.15, 0.2) is 47.6 Å². The van der Waals surface area contributed by atoms with E-state index in [0.29, 0.717) is 36.2 Å². The predicted octanol–water partition coefficient (Wildman–Crippen LogP) is 5.60. The lowest BCUT2D eigenvalue weighted by Gasteiger charge is -2.24. The molecule has 0 aromatic heterocycles. The number of carbonyl (C=O) groups is 1. The molecule has 1 heterocycles. The van der Waals surface area contributed by atoms with E-state index >= 15 is 0 Å². The minimum Gasteiger partial charge on any atom is -0.293 e. The number of hydrogen-bond donors (Lipinski definition) is 0. The van der Waals surface area contributed by atoms with Crippen LogP contribution in [-0.4, -0.2) is 23.0 Å². The van der Waals surface area contributed by atoms with Gasteiger partial charge in [-0.15, -0.1) is 0 Å². The van der Waals surface area contributed by atoms with E-state index in [4.69, 9.17) is 0 Å². The van der Waals surface area contributed by atoms with Crippen molar-refractivity contribution in [2.75, 3.05) is 6.54 Å². The molecule has 0 saturated carbocycles. The van der Waals surface area contributed by atoms with Gasteiger partial charge in [-0.25, -0.2) is 13.2 Å². The second-order valence-corrected chi connectivity index (χ2v) is 7.33. The molecule has 154 valence electrons. The van der Waals surface area contributed by atoms with Crippen LogP contribution < -0.4 is 0 Å². The molecule has 29 heavy (non-hydrogen) atoms. The Hall–Kier alpha value is -2.63. The summed E-state index contributed by atoms with van der Waals surface area (Å²) in [5, 5.41) is 6.32. The van der Waals surface area contributed by atoms with Crippen LogP contribution in [0, 0.1) is 17.5 Å². The van der Waals surface area contributed by atoms with E-state index in [0.717, 1.165) is 31.4 Å². The summed E-state index contributed by atoms with van der Waals surface area (Å²) in [6.45, 7) is 2.77. The van der Waals surface area contributed by atoms with Gasteiger partial charge in [-0.2, -0.15) is 5.10 Å². The number of nitrogens with zero attached hydrogens (tertiary/aromatic N) is 2. The number of hydrazone groups is 1. The topological polar surface area (TPSA) is 32.7 Å². The van der Waals surface area contributed by atoms with Gasteiger partial charge in [-0.3, -0.25) is 9.80 Å². The van der Waals surface area contributed by atoms with Crippen LogP contribution in [0.1, 0.15) is 56.2 Å². The summed E-state index contributed by atoms with van der Waals surface area (Å²) in [5.74, 6) is -2.27. The van der Waals surface area contributed by atoms with Gasteiger partial charge < -0.3 is 0 Å². The number of ketones is 1. The Morgan fingerprint density at radius 2 is 1.86 bits per heavy atom. The van der Waals surface area contributed by atoms with Crippen LogP contribution in [0.3, 0.4) is 0 Å². The molecule has 1 atom stereocenters. The van der Waals surface area contributed by atoms with E-state index in [1.807, 2.05) is 5.01 Å². The van der Waals surface area contributed by atoms with Crippen molar-refractivity contribution in [1.82, 2.24) is 5.01 Å². The summed E-state index contributed by atoms with van der Waals surface area (Å²) < 4.78 is 40.8. The standard InChI is InChI=1S/C23H25F3N2O/c1-2-3-6-13-28-22(17-7-4-5-8-18(17)24)15-21(27-28)23(29)12-10-16-9-11-19(25)20(26)14-16/h4-5,7-9,11,14,22H,2-3,6,10,12-13,15H2,1H3. The molecule has 1 aliphatic heterocycles. The first-order valence-electron chi connectivity index (χ1n) is 10.0. The zero-order valence-corrected chi connectivity index (χ0v) is 16.5. The molecule has 0 bridgehead atoms. The monoisotopic (exact) mass is 402 g/mol. The van der Waals surface area contributed by atoms with Crippen LogP contribution in [0.2, 0.25) is 0 Å². The molecule has 0 saturated heterocycles. The lowest BCUT2D eigenvalue weighted by Crippen LogP contribution is -2.21. The molecule has 2 aromatic rings. The summed E-state index contributed by atoms with van der Waals surface area (Å²) in [7, 11) is 0. The van der Waals surface area contributed by atoms with Gasteiger partial charge in [-0.05, 0) is 36.6 Å². The van der Waals surface area contributed by atoms with Crippen molar-refractivity contribution in [1.29, 1.82) is 0 Å². The first-order valence-corrected chi connectivity index (χ1v) is 10.0. The van der Waals surface area contributed by atoms with E-state index in [9.17, 15) is 18.0 Å². The molecule has 1 unspecified atom stereocenters. The zero-order valence-electron chi connectivity index (χ0n) is 16.5. The molecular formula is C23H25F3N2O. The highest BCUT2D eigenvalue weighted by molar-refractivity contribution is 6.40. The van der Waals surface area contributed by atoms with E-state index < -0.39 is 11.6 Å². The smallest absolute Gasteiger partial charge is 0.179 e. The Labute approximate surface area is 169 Å². The SMILES string of the molecule is CCCCCN1N=C(C(=O)CCc2ccc(F)c(F)c2)CC1c1ccccc1F. The van der Waals surface area contributed by atoms with Gasteiger partial charge in [0.1, 0.15) is 11.5 Å². The minimum absolute atomic E-state index is 0.144. The fraction of sp³-hybridized carbons (Fsp3) is 0.391. The van der Waals surface area contributed by atoms with Crippen molar-refractivity contribution < 1.29 is 18.0 Å². The number of benzene rings is 2. The van der Waals surface area contributed by atoms with Crippen LogP contribution in [0.4, 0.5) is 13.2 Å². The van der Waals surface area contributed by atoms with E-state index in [-0.39, 0.29) is 24.1 Å². The number of carbonyl (C=O) groups excluding carboxylic acids is 1. The average Bonchev–Trinajstić information content (AvgIpc) is 3.13. The molecule has 0 spiro atoms. The minimum atomic E-state index is -0.921. The third-order valence-electron chi connectivity index (χ3n) is 5.20. The molecule has 0 radical (unpaired) electrons. The lowest BCUT2D eigenvalue weighted by molar-refractivity contribution is -0.113. The summed E-state index contributed by atoms with van der Waals surface area (Å²) in [6.07, 6.45) is 3.81. The van der Waals surface area contributed by atoms with Gasteiger partial charge in [0.15, 0.2) is 17.4 Å². The number of Topliss-reactive ketones (excluding diaryl/α,β-unsaturated/α-hetero) is 1. The second-order valence-electron chi connectivity index (χ2n) is 7.33. The molecule has 1 aliphatic rings. The molecule has 3 rings (SSSR count). The van der Waals surface area contributed by atoms with Crippen LogP contribution in [0.5, 0.6) is 0 Å². The summed E-state index contributed by atoms with van der Waals surface area (Å²) in [5.41, 5.74) is 1.51. The number of unbranched alkanes of at least 4 members (excludes halogenated alkanes) is 2. The van der Waals surface area contributed by atoms with Crippen LogP contribution in [-0.2, 0) is 11.2 Å². The fourth-order valence-electron chi connectivity index (χ4n) is 3.57. The molecule has 6 heteroatoms. The van der Waals surface area contributed by atoms with Gasteiger partial charge in [-0.1, -0.05) is 44.0 Å². The van der Waals surface area contributed by atoms with Gasteiger partial charge in [0.2, 0.25) is 0 Å². The Morgan fingerprint density at radius 1 is 1.07 bits per heavy atom. The molecule has 0 amide bonds. The highest BCUT2D eigenvalue weighted by Crippen LogP contribution is 2.33. The van der Waals surface area contributed by atoms with Crippen molar-refractivity contribution in [2.45, 2.75) is 51.5 Å². The van der Waals surface area contributed by atoms with Gasteiger partial charge >= 0.3 is 0 Å². The molecule has 2 aromatic carbocycles. The predicted molar refractivity (Wildman–Crippen MR) is 107 cm³/mol. The second kappa shape index (κ2) is 9.72. The van der Waals surface area contributed by atoms with Gasteiger partial charge in [0, 0.05) is 24.9 Å². The molecular weight excluding hydrogens is 377 g/mol. The highest BCUT2D eigenvalue weighted by Gasteiger charge is 2.32. The fourth-order valence-corrected chi connectivity index (χ4v) is 3.57. The first kappa shape index (κ1) is 21.1. The normalized spacial score (nSPS) is 16.2. The Morgan fingerprint density at radius 3 is 2.59 bits per heavy atom.